The summed E-state index contributed by atoms with van der Waals surface area (Å²) in [7, 11) is 1.53. The summed E-state index contributed by atoms with van der Waals surface area (Å²) in [5, 5.41) is 29.1. The average molecular weight is 302 g/mol. The summed E-state index contributed by atoms with van der Waals surface area (Å²) in [5.74, 6) is -1.13. The lowest BCUT2D eigenvalue weighted by Crippen LogP contribution is -2.52. The number of likely N-dealkylation sites (N-methyl/N-ethyl adjacent to an activating group) is 1. The van der Waals surface area contributed by atoms with Crippen molar-refractivity contribution < 1.29 is 29.6 Å². The van der Waals surface area contributed by atoms with Crippen LogP contribution in [-0.4, -0.2) is 88.2 Å². The molecular weight excluding hydrogens is 280 g/mol. The Bertz CT molecular complexity index is 409. The molecule has 0 aromatic rings. The van der Waals surface area contributed by atoms with E-state index < -0.39 is 29.7 Å². The number of carboxylic acids is 1. The maximum atomic E-state index is 12.4. The van der Waals surface area contributed by atoms with Gasteiger partial charge in [0.2, 0.25) is 0 Å². The summed E-state index contributed by atoms with van der Waals surface area (Å²) in [6.07, 6.45) is 0.0905. The van der Waals surface area contributed by atoms with Crippen molar-refractivity contribution in [2.24, 2.45) is 0 Å². The van der Waals surface area contributed by atoms with E-state index in [2.05, 4.69) is 0 Å². The van der Waals surface area contributed by atoms with Crippen molar-refractivity contribution in [1.82, 2.24) is 9.80 Å². The molecule has 2 fully saturated rings. The molecule has 3 N–H and O–H groups in total. The predicted octanol–water partition coefficient (Wildman–Crippen LogP) is -0.900. The normalized spacial score (nSPS) is 28.4. The molecule has 8 heteroatoms. The van der Waals surface area contributed by atoms with Crippen LogP contribution in [0.2, 0.25) is 0 Å². The number of aliphatic hydroxyl groups is 2. The van der Waals surface area contributed by atoms with Crippen molar-refractivity contribution in [2.75, 3.05) is 33.4 Å². The highest BCUT2D eigenvalue weighted by Crippen LogP contribution is 2.24. The van der Waals surface area contributed by atoms with Crippen molar-refractivity contribution in [1.29, 1.82) is 0 Å². The molecule has 0 aliphatic carbocycles. The molecule has 0 spiro atoms. The molecule has 0 radical (unpaired) electrons. The Morgan fingerprint density at radius 3 is 2.57 bits per heavy atom. The van der Waals surface area contributed by atoms with Gasteiger partial charge in [-0.05, 0) is 0 Å². The predicted molar refractivity (Wildman–Crippen MR) is 71.8 cm³/mol. The number of aliphatic hydroxyl groups excluding tert-OH is 1. The van der Waals surface area contributed by atoms with Gasteiger partial charge in [-0.25, -0.2) is 9.59 Å². The van der Waals surface area contributed by atoms with Crippen LogP contribution in [0, 0.1) is 0 Å². The molecule has 2 atom stereocenters. The van der Waals surface area contributed by atoms with E-state index in [1.807, 2.05) is 0 Å². The first-order chi connectivity index (χ1) is 9.82. The summed E-state index contributed by atoms with van der Waals surface area (Å²) >= 11 is 0. The van der Waals surface area contributed by atoms with Crippen molar-refractivity contribution in [3.63, 3.8) is 0 Å². The fourth-order valence-electron chi connectivity index (χ4n) is 2.90. The monoisotopic (exact) mass is 302 g/mol. The summed E-state index contributed by atoms with van der Waals surface area (Å²) in [6, 6.07) is -1.50. The molecule has 2 aliphatic rings. The Balaban J connectivity index is 1.99. The van der Waals surface area contributed by atoms with Crippen LogP contribution in [0.4, 0.5) is 4.79 Å². The number of urea groups is 1. The molecule has 0 aromatic carbocycles. The Kier molecular flexibility index (Phi) is 4.70. The zero-order chi connectivity index (χ0) is 15.6. The number of nitrogens with zero attached hydrogens (tertiary/aromatic N) is 2. The highest BCUT2D eigenvalue weighted by molar-refractivity contribution is 5.83. The third-order valence-corrected chi connectivity index (χ3v) is 4.09. The highest BCUT2D eigenvalue weighted by atomic mass is 16.5. The second-order valence-corrected chi connectivity index (χ2v) is 5.87. The van der Waals surface area contributed by atoms with Gasteiger partial charge in [-0.2, -0.15) is 0 Å². The van der Waals surface area contributed by atoms with E-state index in [1.54, 1.807) is 0 Å². The van der Waals surface area contributed by atoms with Gasteiger partial charge >= 0.3 is 12.0 Å². The number of hydrogen-bond donors (Lipinski definition) is 3. The minimum atomic E-state index is -1.13. The smallest absolute Gasteiger partial charge is 0.326 e. The number of ether oxygens (including phenoxy) is 1. The van der Waals surface area contributed by atoms with Crippen LogP contribution in [0.5, 0.6) is 0 Å². The van der Waals surface area contributed by atoms with Gasteiger partial charge < -0.3 is 29.9 Å². The summed E-state index contributed by atoms with van der Waals surface area (Å²) in [6.45, 7) is 1.01. The van der Waals surface area contributed by atoms with E-state index in [0.29, 0.717) is 26.1 Å². The number of rotatable bonds is 3. The molecule has 8 nitrogen and oxygen atoms in total. The first-order valence-corrected chi connectivity index (χ1v) is 7.05. The highest BCUT2D eigenvalue weighted by Gasteiger charge is 2.41. The zero-order valence-corrected chi connectivity index (χ0v) is 12.1. The van der Waals surface area contributed by atoms with Crippen LogP contribution in [0.1, 0.15) is 19.3 Å². The molecule has 2 heterocycles. The van der Waals surface area contributed by atoms with Crippen LogP contribution in [-0.2, 0) is 9.53 Å². The van der Waals surface area contributed by atoms with Crippen LogP contribution in [0.15, 0.2) is 0 Å². The first kappa shape index (κ1) is 16.0. The van der Waals surface area contributed by atoms with Gasteiger partial charge in [0.25, 0.3) is 0 Å². The number of hydrogen-bond acceptors (Lipinski definition) is 5. The molecule has 0 aromatic heterocycles. The van der Waals surface area contributed by atoms with Gasteiger partial charge in [0.15, 0.2) is 0 Å². The zero-order valence-electron chi connectivity index (χ0n) is 12.1. The van der Waals surface area contributed by atoms with E-state index in [0.717, 1.165) is 4.90 Å². The topological polar surface area (TPSA) is 111 Å². The molecule has 2 amide bonds. The molecule has 2 aliphatic heterocycles. The van der Waals surface area contributed by atoms with Crippen molar-refractivity contribution in [3.05, 3.63) is 0 Å². The van der Waals surface area contributed by atoms with E-state index in [1.165, 1.54) is 11.9 Å². The lowest BCUT2D eigenvalue weighted by Gasteiger charge is -2.37. The lowest BCUT2D eigenvalue weighted by molar-refractivity contribution is -0.141. The molecular formula is C13H22N2O6. The maximum absolute atomic E-state index is 12.4. The molecule has 2 rings (SSSR count). The first-order valence-electron chi connectivity index (χ1n) is 7.05. The van der Waals surface area contributed by atoms with Crippen LogP contribution >= 0.6 is 0 Å². The van der Waals surface area contributed by atoms with Gasteiger partial charge in [0.1, 0.15) is 6.04 Å². The number of aliphatic carboxylic acids is 1. The summed E-state index contributed by atoms with van der Waals surface area (Å²) in [5.41, 5.74) is -1.00. The van der Waals surface area contributed by atoms with E-state index >= 15 is 0 Å². The summed E-state index contributed by atoms with van der Waals surface area (Å²) < 4.78 is 5.18. The van der Waals surface area contributed by atoms with Gasteiger partial charge in [-0.1, -0.05) is 0 Å². The van der Waals surface area contributed by atoms with Crippen molar-refractivity contribution >= 4 is 12.0 Å². The fraction of sp³-hybridized carbons (Fsp3) is 0.846. The molecule has 120 valence electrons. The van der Waals surface area contributed by atoms with Gasteiger partial charge in [0.05, 0.1) is 18.2 Å². The van der Waals surface area contributed by atoms with Crippen LogP contribution in [0.25, 0.3) is 0 Å². The maximum Gasteiger partial charge on any atom is 0.326 e. The van der Waals surface area contributed by atoms with Gasteiger partial charge in [-0.15, -0.1) is 0 Å². The third-order valence-electron chi connectivity index (χ3n) is 4.09. The summed E-state index contributed by atoms with van der Waals surface area (Å²) in [4.78, 5) is 26.0. The van der Waals surface area contributed by atoms with Gasteiger partial charge in [-0.3, -0.25) is 0 Å². The van der Waals surface area contributed by atoms with Crippen LogP contribution in [0.3, 0.4) is 0 Å². The van der Waals surface area contributed by atoms with Crippen molar-refractivity contribution in [2.45, 2.75) is 37.0 Å². The molecule has 2 unspecified atom stereocenters. The minimum absolute atomic E-state index is 0.00167. The van der Waals surface area contributed by atoms with Crippen molar-refractivity contribution in [3.8, 4) is 0 Å². The standard InChI is InChI=1S/C13H22N2O6/c1-14(8-13(20)2-4-21-5-3-13)12(19)15-7-9(16)6-10(15)11(17)18/h9-10,16,20H,2-8H2,1H3,(H,17,18). The number of carboxylic acid groups (broad SMARTS) is 1. The molecule has 0 bridgehead atoms. The molecule has 21 heavy (non-hydrogen) atoms. The average Bonchev–Trinajstić information content (AvgIpc) is 2.80. The molecule has 0 saturated carbocycles. The van der Waals surface area contributed by atoms with E-state index in [9.17, 15) is 19.8 Å². The Hall–Kier alpha value is -1.38. The number of carbonyl (C=O) groups excluding carboxylic acids is 1. The number of β-amino-alcohol motifs (C(OH)–C–C–N with tert-alkyl or cyclic N) is 1. The SMILES string of the molecule is CN(CC1(O)CCOCC1)C(=O)N1CC(O)CC1C(=O)O. The molecule has 2 saturated heterocycles. The lowest BCUT2D eigenvalue weighted by atomic mass is 9.94. The van der Waals surface area contributed by atoms with Gasteiger partial charge in [0, 0.05) is 46.1 Å². The number of amides is 2. The number of likely N-dealkylation sites (tertiary alicyclic amines) is 1. The van der Waals surface area contributed by atoms with E-state index in [-0.39, 0.29) is 19.5 Å². The Morgan fingerprint density at radius 2 is 2.00 bits per heavy atom. The number of carbonyl (C=O) groups is 2. The minimum Gasteiger partial charge on any atom is -0.480 e. The van der Waals surface area contributed by atoms with Crippen LogP contribution < -0.4 is 0 Å². The Labute approximate surface area is 122 Å². The second kappa shape index (κ2) is 6.17. The quantitative estimate of drug-likeness (QED) is 0.623. The fourth-order valence-corrected chi connectivity index (χ4v) is 2.90. The second-order valence-electron chi connectivity index (χ2n) is 5.87. The Morgan fingerprint density at radius 1 is 1.38 bits per heavy atom. The van der Waals surface area contributed by atoms with E-state index in [4.69, 9.17) is 9.84 Å². The third kappa shape index (κ3) is 3.63. The largest absolute Gasteiger partial charge is 0.480 e.